The first-order valence-electron chi connectivity index (χ1n) is 5.37. The average Bonchev–Trinajstić information content (AvgIpc) is 2.75. The molecule has 0 heterocycles. The highest BCUT2D eigenvalue weighted by Crippen LogP contribution is 2.43. The van der Waals surface area contributed by atoms with Crippen LogP contribution in [0.15, 0.2) is 0 Å². The molecule has 2 aliphatic rings. The maximum absolute atomic E-state index is 3.77. The van der Waals surface area contributed by atoms with Crippen LogP contribution in [0.2, 0.25) is 0 Å². The number of hydrogen-bond donors (Lipinski definition) is 1. The quantitative estimate of drug-likeness (QED) is 0.666. The normalized spacial score (nSPS) is 40.2. The van der Waals surface area contributed by atoms with Gasteiger partial charge in [-0.1, -0.05) is 20.8 Å². The summed E-state index contributed by atoms with van der Waals surface area (Å²) in [5.41, 5.74) is 0.530. The van der Waals surface area contributed by atoms with Crippen molar-refractivity contribution in [1.82, 2.24) is 5.32 Å². The zero-order valence-corrected chi connectivity index (χ0v) is 8.56. The molecule has 1 heteroatoms. The van der Waals surface area contributed by atoms with E-state index in [-0.39, 0.29) is 0 Å². The summed E-state index contributed by atoms with van der Waals surface area (Å²) in [5.74, 6) is 0.897. The van der Waals surface area contributed by atoms with Gasteiger partial charge in [0, 0.05) is 12.1 Å². The molecule has 0 saturated heterocycles. The maximum Gasteiger partial charge on any atom is 0.0123 e. The Morgan fingerprint density at radius 2 is 1.75 bits per heavy atom. The van der Waals surface area contributed by atoms with Crippen LogP contribution in [0.4, 0.5) is 0 Å². The van der Waals surface area contributed by atoms with Crippen LogP contribution >= 0.6 is 0 Å². The first kappa shape index (κ1) is 8.55. The van der Waals surface area contributed by atoms with E-state index >= 15 is 0 Å². The van der Waals surface area contributed by atoms with Crippen LogP contribution in [-0.2, 0) is 0 Å². The fraction of sp³-hybridized carbons (Fsp3) is 1.00. The van der Waals surface area contributed by atoms with Gasteiger partial charge in [0.15, 0.2) is 0 Å². The van der Waals surface area contributed by atoms with E-state index in [4.69, 9.17) is 0 Å². The molecule has 12 heavy (non-hydrogen) atoms. The van der Waals surface area contributed by atoms with Crippen molar-refractivity contribution in [3.8, 4) is 0 Å². The zero-order chi connectivity index (χ0) is 8.77. The molecule has 0 spiro atoms. The molecule has 2 aliphatic carbocycles. The highest BCUT2D eigenvalue weighted by atomic mass is 15.0. The van der Waals surface area contributed by atoms with E-state index < -0.39 is 0 Å². The molecular formula is C11H21N. The minimum Gasteiger partial charge on any atom is -0.311 e. The topological polar surface area (TPSA) is 12.0 Å². The molecule has 0 aliphatic heterocycles. The van der Waals surface area contributed by atoms with E-state index in [0.29, 0.717) is 5.41 Å². The summed E-state index contributed by atoms with van der Waals surface area (Å²) in [4.78, 5) is 0. The van der Waals surface area contributed by atoms with Gasteiger partial charge in [-0.2, -0.15) is 0 Å². The number of hydrogen-bond acceptors (Lipinski definition) is 1. The standard InChI is InChI=1S/C11H21N/c1-8-4-7-10(11(8,2)3)12-9-5-6-9/h8-10,12H,4-7H2,1-3H3/t8?,10-/m0/s1. The van der Waals surface area contributed by atoms with E-state index in [9.17, 15) is 0 Å². The predicted octanol–water partition coefficient (Wildman–Crippen LogP) is 2.56. The molecule has 0 radical (unpaired) electrons. The van der Waals surface area contributed by atoms with Crippen molar-refractivity contribution in [3.63, 3.8) is 0 Å². The fourth-order valence-electron chi connectivity index (χ4n) is 2.34. The Balaban J connectivity index is 1.96. The van der Waals surface area contributed by atoms with Gasteiger partial charge in [-0.3, -0.25) is 0 Å². The second kappa shape index (κ2) is 2.73. The molecule has 0 aromatic carbocycles. The number of nitrogens with one attached hydrogen (secondary N) is 1. The SMILES string of the molecule is CC1CC[C@H](NC2CC2)C1(C)C. The van der Waals surface area contributed by atoms with Crippen LogP contribution in [0, 0.1) is 11.3 Å². The zero-order valence-electron chi connectivity index (χ0n) is 8.56. The van der Waals surface area contributed by atoms with E-state index in [2.05, 4.69) is 26.1 Å². The predicted molar refractivity (Wildman–Crippen MR) is 52.1 cm³/mol. The third kappa shape index (κ3) is 1.39. The molecule has 0 amide bonds. The van der Waals surface area contributed by atoms with Crippen LogP contribution in [-0.4, -0.2) is 12.1 Å². The highest BCUT2D eigenvalue weighted by Gasteiger charge is 2.42. The Morgan fingerprint density at radius 3 is 2.17 bits per heavy atom. The number of rotatable bonds is 2. The van der Waals surface area contributed by atoms with Crippen LogP contribution in [0.3, 0.4) is 0 Å². The molecule has 2 saturated carbocycles. The Hall–Kier alpha value is -0.0400. The van der Waals surface area contributed by atoms with Crippen LogP contribution in [0.1, 0.15) is 46.5 Å². The van der Waals surface area contributed by atoms with E-state index in [1.807, 2.05) is 0 Å². The molecule has 0 aromatic heterocycles. The Bertz CT molecular complexity index is 170. The minimum atomic E-state index is 0.530. The lowest BCUT2D eigenvalue weighted by atomic mass is 9.80. The lowest BCUT2D eigenvalue weighted by molar-refractivity contribution is 0.219. The van der Waals surface area contributed by atoms with Crippen LogP contribution in [0.5, 0.6) is 0 Å². The minimum absolute atomic E-state index is 0.530. The summed E-state index contributed by atoms with van der Waals surface area (Å²) in [5, 5.41) is 3.77. The van der Waals surface area contributed by atoms with Gasteiger partial charge < -0.3 is 5.32 Å². The van der Waals surface area contributed by atoms with E-state index in [0.717, 1.165) is 18.0 Å². The molecule has 1 N–H and O–H groups in total. The van der Waals surface area contributed by atoms with Gasteiger partial charge in [-0.05, 0) is 37.0 Å². The Labute approximate surface area is 75.9 Å². The summed E-state index contributed by atoms with van der Waals surface area (Å²) < 4.78 is 0. The fourth-order valence-corrected chi connectivity index (χ4v) is 2.34. The van der Waals surface area contributed by atoms with Crippen molar-refractivity contribution < 1.29 is 0 Å². The summed E-state index contributed by atoms with van der Waals surface area (Å²) in [7, 11) is 0. The Morgan fingerprint density at radius 1 is 1.08 bits per heavy atom. The van der Waals surface area contributed by atoms with Gasteiger partial charge in [0.1, 0.15) is 0 Å². The van der Waals surface area contributed by atoms with Crippen LogP contribution in [0.25, 0.3) is 0 Å². The molecule has 0 aromatic rings. The van der Waals surface area contributed by atoms with Crippen LogP contribution < -0.4 is 5.32 Å². The van der Waals surface area contributed by atoms with Crippen molar-refractivity contribution in [2.45, 2.75) is 58.5 Å². The van der Waals surface area contributed by atoms with Gasteiger partial charge >= 0.3 is 0 Å². The molecular weight excluding hydrogens is 146 g/mol. The molecule has 2 atom stereocenters. The molecule has 70 valence electrons. The summed E-state index contributed by atoms with van der Waals surface area (Å²) in [6.07, 6.45) is 5.64. The smallest absolute Gasteiger partial charge is 0.0123 e. The largest absolute Gasteiger partial charge is 0.311 e. The lowest BCUT2D eigenvalue weighted by Crippen LogP contribution is -2.41. The van der Waals surface area contributed by atoms with Gasteiger partial charge in [-0.25, -0.2) is 0 Å². The summed E-state index contributed by atoms with van der Waals surface area (Å²) in [6, 6.07) is 1.67. The van der Waals surface area contributed by atoms with Gasteiger partial charge in [0.2, 0.25) is 0 Å². The van der Waals surface area contributed by atoms with E-state index in [1.54, 1.807) is 0 Å². The van der Waals surface area contributed by atoms with E-state index in [1.165, 1.54) is 25.7 Å². The van der Waals surface area contributed by atoms with Crippen molar-refractivity contribution in [3.05, 3.63) is 0 Å². The van der Waals surface area contributed by atoms with Gasteiger partial charge in [0.05, 0.1) is 0 Å². The summed E-state index contributed by atoms with van der Waals surface area (Å²) in [6.45, 7) is 7.24. The molecule has 1 nitrogen and oxygen atoms in total. The first-order valence-corrected chi connectivity index (χ1v) is 5.37. The summed E-state index contributed by atoms with van der Waals surface area (Å²) >= 11 is 0. The van der Waals surface area contributed by atoms with Crippen molar-refractivity contribution in [2.75, 3.05) is 0 Å². The van der Waals surface area contributed by atoms with Crippen molar-refractivity contribution in [2.24, 2.45) is 11.3 Å². The highest BCUT2D eigenvalue weighted by molar-refractivity contribution is 4.98. The molecule has 1 unspecified atom stereocenters. The second-order valence-corrected chi connectivity index (χ2v) is 5.29. The monoisotopic (exact) mass is 167 g/mol. The van der Waals surface area contributed by atoms with Gasteiger partial charge in [-0.15, -0.1) is 0 Å². The molecule has 0 bridgehead atoms. The van der Waals surface area contributed by atoms with Gasteiger partial charge in [0.25, 0.3) is 0 Å². The lowest BCUT2D eigenvalue weighted by Gasteiger charge is -2.32. The van der Waals surface area contributed by atoms with Crippen molar-refractivity contribution >= 4 is 0 Å². The third-order valence-corrected chi connectivity index (χ3v) is 4.07. The molecule has 2 rings (SSSR count). The molecule has 2 fully saturated rings. The Kier molecular flexibility index (Phi) is 1.95. The van der Waals surface area contributed by atoms with Crippen molar-refractivity contribution in [1.29, 1.82) is 0 Å². The average molecular weight is 167 g/mol. The second-order valence-electron chi connectivity index (χ2n) is 5.29. The first-order chi connectivity index (χ1) is 5.60. The maximum atomic E-state index is 3.77. The third-order valence-electron chi connectivity index (χ3n) is 4.07.